The molecular weight excluding hydrogens is 258 g/mol. The van der Waals surface area contributed by atoms with E-state index in [-0.39, 0.29) is 0 Å². The van der Waals surface area contributed by atoms with Gasteiger partial charge in [-0.05, 0) is 69.0 Å². The minimum Gasteiger partial charge on any atom is -0.508 e. The number of hydrogen-bond donors (Lipinski definition) is 1. The first-order valence-corrected chi connectivity index (χ1v) is 7.59. The van der Waals surface area contributed by atoms with Gasteiger partial charge in [-0.15, -0.1) is 0 Å². The van der Waals surface area contributed by atoms with Gasteiger partial charge >= 0.3 is 0 Å². The molecule has 1 unspecified atom stereocenters. The van der Waals surface area contributed by atoms with E-state index in [1.54, 1.807) is 6.07 Å². The quantitative estimate of drug-likeness (QED) is 0.787. The van der Waals surface area contributed by atoms with E-state index >= 15 is 0 Å². The standard InChI is InChI=1S/C19H23NO/c1-12(2)7-8-20-14(4)13(3)18-10-16(20)9-15-5-6-17(21)11-19(15)18/h5-7,9,11,18,21H,8,10H2,1-4H3. The van der Waals surface area contributed by atoms with Crippen LogP contribution in [0.15, 0.2) is 46.8 Å². The van der Waals surface area contributed by atoms with Crippen molar-refractivity contribution in [2.75, 3.05) is 6.54 Å². The molecule has 0 amide bonds. The van der Waals surface area contributed by atoms with E-state index in [0.29, 0.717) is 11.7 Å². The Hall–Kier alpha value is -1.96. The Balaban J connectivity index is 2.09. The zero-order valence-electron chi connectivity index (χ0n) is 13.3. The Morgan fingerprint density at radius 3 is 2.81 bits per heavy atom. The number of nitrogens with zero attached hydrogens (tertiary/aromatic N) is 1. The van der Waals surface area contributed by atoms with Crippen molar-refractivity contribution >= 4 is 6.08 Å². The second-order valence-electron chi connectivity index (χ2n) is 6.37. The number of aromatic hydroxyl groups is 1. The second kappa shape index (κ2) is 5.10. The summed E-state index contributed by atoms with van der Waals surface area (Å²) in [7, 11) is 0. The maximum absolute atomic E-state index is 9.78. The Labute approximate surface area is 127 Å². The summed E-state index contributed by atoms with van der Waals surface area (Å²) in [5.74, 6) is 0.776. The largest absolute Gasteiger partial charge is 0.508 e. The minimum atomic E-state index is 0.364. The molecule has 21 heavy (non-hydrogen) atoms. The molecule has 3 rings (SSSR count). The van der Waals surface area contributed by atoms with Crippen molar-refractivity contribution in [2.24, 2.45) is 0 Å². The van der Waals surface area contributed by atoms with Gasteiger partial charge in [-0.2, -0.15) is 0 Å². The van der Waals surface area contributed by atoms with Crippen LogP contribution < -0.4 is 0 Å². The number of benzene rings is 1. The van der Waals surface area contributed by atoms with Gasteiger partial charge in [0.15, 0.2) is 0 Å². The molecule has 0 fully saturated rings. The van der Waals surface area contributed by atoms with Crippen LogP contribution in [0, 0.1) is 0 Å². The van der Waals surface area contributed by atoms with Crippen molar-refractivity contribution in [1.82, 2.24) is 4.90 Å². The minimum absolute atomic E-state index is 0.364. The summed E-state index contributed by atoms with van der Waals surface area (Å²) >= 11 is 0. The van der Waals surface area contributed by atoms with Gasteiger partial charge in [-0.1, -0.05) is 17.7 Å². The lowest BCUT2D eigenvalue weighted by Crippen LogP contribution is -2.31. The highest BCUT2D eigenvalue weighted by Gasteiger charge is 2.31. The Bertz CT molecular complexity index is 675. The van der Waals surface area contributed by atoms with Crippen molar-refractivity contribution in [3.63, 3.8) is 0 Å². The highest BCUT2D eigenvalue weighted by Crippen LogP contribution is 2.46. The van der Waals surface area contributed by atoms with Crippen molar-refractivity contribution in [1.29, 1.82) is 0 Å². The molecule has 0 saturated carbocycles. The summed E-state index contributed by atoms with van der Waals surface area (Å²) in [6, 6.07) is 5.74. The molecule has 0 radical (unpaired) electrons. The second-order valence-corrected chi connectivity index (χ2v) is 6.37. The lowest BCUT2D eigenvalue weighted by atomic mass is 9.77. The monoisotopic (exact) mass is 281 g/mol. The normalized spacial score (nSPS) is 20.1. The van der Waals surface area contributed by atoms with E-state index in [4.69, 9.17) is 0 Å². The molecule has 0 saturated heterocycles. The molecule has 0 spiro atoms. The van der Waals surface area contributed by atoms with Crippen molar-refractivity contribution in [3.05, 3.63) is 57.9 Å². The summed E-state index contributed by atoms with van der Waals surface area (Å²) in [6.45, 7) is 9.67. The number of phenolic OH excluding ortho intramolecular Hbond substituents is 1. The molecule has 2 heteroatoms. The first kappa shape index (κ1) is 14.0. The first-order valence-electron chi connectivity index (χ1n) is 7.59. The van der Waals surface area contributed by atoms with E-state index < -0.39 is 0 Å². The van der Waals surface area contributed by atoms with Gasteiger partial charge in [0, 0.05) is 23.9 Å². The molecule has 2 aliphatic rings. The summed E-state index contributed by atoms with van der Waals surface area (Å²) in [6.07, 6.45) is 5.60. The molecule has 2 nitrogen and oxygen atoms in total. The molecule has 1 aromatic rings. The maximum Gasteiger partial charge on any atom is 0.115 e. The third kappa shape index (κ3) is 2.39. The maximum atomic E-state index is 9.78. The third-order valence-electron chi connectivity index (χ3n) is 4.71. The zero-order chi connectivity index (χ0) is 15.1. The smallest absolute Gasteiger partial charge is 0.115 e. The Kier molecular flexibility index (Phi) is 3.40. The summed E-state index contributed by atoms with van der Waals surface area (Å²) in [4.78, 5) is 2.43. The number of hydrogen-bond acceptors (Lipinski definition) is 2. The van der Waals surface area contributed by atoms with E-state index in [2.05, 4.69) is 44.7 Å². The van der Waals surface area contributed by atoms with Gasteiger partial charge in [-0.25, -0.2) is 0 Å². The van der Waals surface area contributed by atoms with Gasteiger partial charge < -0.3 is 10.0 Å². The number of phenols is 1. The third-order valence-corrected chi connectivity index (χ3v) is 4.71. The molecule has 2 bridgehead atoms. The highest BCUT2D eigenvalue weighted by atomic mass is 16.3. The van der Waals surface area contributed by atoms with Crippen LogP contribution in [-0.2, 0) is 0 Å². The van der Waals surface area contributed by atoms with Crippen LogP contribution in [0.4, 0.5) is 0 Å². The molecule has 0 aromatic heterocycles. The topological polar surface area (TPSA) is 23.5 Å². The van der Waals surface area contributed by atoms with Gasteiger partial charge in [0.2, 0.25) is 0 Å². The van der Waals surface area contributed by atoms with Crippen LogP contribution in [0.5, 0.6) is 5.75 Å². The summed E-state index contributed by atoms with van der Waals surface area (Å²) in [5, 5.41) is 9.78. The molecule has 1 heterocycles. The fourth-order valence-electron chi connectivity index (χ4n) is 3.34. The van der Waals surface area contributed by atoms with Crippen molar-refractivity contribution < 1.29 is 5.11 Å². The molecule has 1 atom stereocenters. The van der Waals surface area contributed by atoms with E-state index in [1.165, 1.54) is 33.7 Å². The Morgan fingerprint density at radius 1 is 1.33 bits per heavy atom. The number of allylic oxidation sites excluding steroid dienone is 4. The summed E-state index contributed by atoms with van der Waals surface area (Å²) in [5.41, 5.74) is 8.01. The van der Waals surface area contributed by atoms with E-state index in [0.717, 1.165) is 13.0 Å². The summed E-state index contributed by atoms with van der Waals surface area (Å²) < 4.78 is 0. The fourth-order valence-corrected chi connectivity index (χ4v) is 3.34. The SMILES string of the molecule is CC(C)=CCN1C2=Cc3ccc(O)cc3C(C2)C(C)=C1C. The predicted octanol–water partition coefficient (Wildman–Crippen LogP) is 4.80. The predicted molar refractivity (Wildman–Crippen MR) is 88.0 cm³/mol. The first-order chi connectivity index (χ1) is 9.97. The van der Waals surface area contributed by atoms with Crippen LogP contribution in [0.1, 0.15) is 51.2 Å². The Morgan fingerprint density at radius 2 is 2.10 bits per heavy atom. The number of rotatable bonds is 2. The molecule has 1 aliphatic heterocycles. The van der Waals surface area contributed by atoms with Crippen LogP contribution in [-0.4, -0.2) is 16.6 Å². The molecule has 1 N–H and O–H groups in total. The fraction of sp³-hybridized carbons (Fsp3) is 0.368. The van der Waals surface area contributed by atoms with E-state index in [9.17, 15) is 5.11 Å². The molecule has 1 aromatic carbocycles. The lowest BCUT2D eigenvalue weighted by molar-refractivity contribution is 0.406. The van der Waals surface area contributed by atoms with Gasteiger partial charge in [0.05, 0.1) is 0 Å². The average molecular weight is 281 g/mol. The van der Waals surface area contributed by atoms with Gasteiger partial charge in [0.1, 0.15) is 5.75 Å². The lowest BCUT2D eigenvalue weighted by Gasteiger charge is -2.41. The van der Waals surface area contributed by atoms with Crippen molar-refractivity contribution in [3.8, 4) is 5.75 Å². The van der Waals surface area contributed by atoms with Gasteiger partial charge in [-0.3, -0.25) is 0 Å². The van der Waals surface area contributed by atoms with E-state index in [1.807, 2.05) is 12.1 Å². The van der Waals surface area contributed by atoms with Crippen LogP contribution in [0.25, 0.3) is 6.08 Å². The zero-order valence-corrected chi connectivity index (χ0v) is 13.3. The number of fused-ring (bicyclic) bond motifs is 4. The average Bonchev–Trinajstić information content (AvgIpc) is 2.44. The highest BCUT2D eigenvalue weighted by molar-refractivity contribution is 5.65. The van der Waals surface area contributed by atoms with Crippen LogP contribution >= 0.6 is 0 Å². The molecular formula is C19H23NO. The molecule has 110 valence electrons. The van der Waals surface area contributed by atoms with Gasteiger partial charge in [0.25, 0.3) is 0 Å². The van der Waals surface area contributed by atoms with Crippen LogP contribution in [0.2, 0.25) is 0 Å². The van der Waals surface area contributed by atoms with Crippen LogP contribution in [0.3, 0.4) is 0 Å². The molecule has 1 aliphatic carbocycles. The van der Waals surface area contributed by atoms with Crippen molar-refractivity contribution in [2.45, 2.75) is 40.0 Å².